The van der Waals surface area contributed by atoms with Gasteiger partial charge in [0.25, 0.3) is 0 Å². The lowest BCUT2D eigenvalue weighted by Crippen LogP contribution is -1.98. The lowest BCUT2D eigenvalue weighted by Gasteiger charge is -2.07. The van der Waals surface area contributed by atoms with E-state index in [0.717, 1.165) is 22.4 Å². The first-order chi connectivity index (χ1) is 9.81. The largest absolute Gasteiger partial charge is 0.494 e. The molecule has 3 rings (SSSR count). The molecule has 0 unspecified atom stereocenters. The zero-order chi connectivity index (χ0) is 13.9. The molecule has 0 aliphatic carbocycles. The number of hydrogen-bond donors (Lipinski definition) is 2. The maximum Gasteiger partial charge on any atom is 0.225 e. The van der Waals surface area contributed by atoms with E-state index in [1.807, 2.05) is 31.2 Å². The molecule has 0 atom stereocenters. The molecule has 20 heavy (non-hydrogen) atoms. The number of nitrogens with zero attached hydrogens (tertiary/aromatic N) is 3. The molecule has 102 valence electrons. The van der Waals surface area contributed by atoms with Crippen LogP contribution in [0.25, 0.3) is 22.3 Å². The highest BCUT2D eigenvalue weighted by Crippen LogP contribution is 2.27. The number of anilines is 1. The normalized spacial score (nSPS) is 10.7. The molecule has 3 aromatic rings. The predicted octanol–water partition coefficient (Wildman–Crippen LogP) is 2.46. The fourth-order valence-electron chi connectivity index (χ4n) is 2.04. The van der Waals surface area contributed by atoms with Crippen LogP contribution in [0.3, 0.4) is 0 Å². The fourth-order valence-corrected chi connectivity index (χ4v) is 2.04. The van der Waals surface area contributed by atoms with Crippen LogP contribution in [-0.4, -0.2) is 33.8 Å². The number of fused-ring (bicyclic) bond motifs is 1. The van der Waals surface area contributed by atoms with Gasteiger partial charge in [-0.25, -0.2) is 4.98 Å². The van der Waals surface area contributed by atoms with Gasteiger partial charge in [0, 0.05) is 12.6 Å². The van der Waals surface area contributed by atoms with Crippen molar-refractivity contribution in [3.8, 4) is 17.0 Å². The van der Waals surface area contributed by atoms with Crippen LogP contribution in [0.2, 0.25) is 0 Å². The van der Waals surface area contributed by atoms with Crippen LogP contribution in [0.4, 0.5) is 5.95 Å². The minimum atomic E-state index is 0.561. The van der Waals surface area contributed by atoms with Crippen LogP contribution in [0.15, 0.2) is 30.5 Å². The van der Waals surface area contributed by atoms with Crippen molar-refractivity contribution in [2.75, 3.05) is 19.0 Å². The summed E-state index contributed by atoms with van der Waals surface area (Å²) in [5.74, 6) is 1.41. The molecule has 0 fully saturated rings. The van der Waals surface area contributed by atoms with Crippen molar-refractivity contribution in [3.63, 3.8) is 0 Å². The minimum Gasteiger partial charge on any atom is -0.494 e. The number of aromatic nitrogens is 4. The molecule has 2 N–H and O–H groups in total. The van der Waals surface area contributed by atoms with Gasteiger partial charge in [-0.15, -0.1) is 0 Å². The van der Waals surface area contributed by atoms with Gasteiger partial charge in [0.1, 0.15) is 5.75 Å². The van der Waals surface area contributed by atoms with Crippen molar-refractivity contribution >= 4 is 17.0 Å². The lowest BCUT2D eigenvalue weighted by atomic mass is 10.1. The molecule has 0 saturated carbocycles. The quantitative estimate of drug-likeness (QED) is 0.761. The van der Waals surface area contributed by atoms with Crippen molar-refractivity contribution < 1.29 is 4.74 Å². The summed E-state index contributed by atoms with van der Waals surface area (Å²) >= 11 is 0. The number of aromatic amines is 1. The van der Waals surface area contributed by atoms with Gasteiger partial charge in [-0.3, -0.25) is 5.10 Å². The first-order valence-corrected chi connectivity index (χ1v) is 6.44. The van der Waals surface area contributed by atoms with Gasteiger partial charge >= 0.3 is 0 Å². The van der Waals surface area contributed by atoms with Crippen LogP contribution in [0, 0.1) is 0 Å². The molecule has 0 amide bonds. The van der Waals surface area contributed by atoms with E-state index in [-0.39, 0.29) is 0 Å². The summed E-state index contributed by atoms with van der Waals surface area (Å²) in [4.78, 5) is 8.84. The monoisotopic (exact) mass is 269 g/mol. The van der Waals surface area contributed by atoms with E-state index in [1.165, 1.54) is 0 Å². The van der Waals surface area contributed by atoms with Gasteiger partial charge < -0.3 is 10.1 Å². The first-order valence-electron chi connectivity index (χ1n) is 6.44. The second-order valence-electron chi connectivity index (χ2n) is 4.24. The molecule has 0 aliphatic rings. The topological polar surface area (TPSA) is 75.7 Å². The minimum absolute atomic E-state index is 0.561. The zero-order valence-corrected chi connectivity index (χ0v) is 11.3. The van der Waals surface area contributed by atoms with E-state index in [0.29, 0.717) is 18.2 Å². The summed E-state index contributed by atoms with van der Waals surface area (Å²) in [7, 11) is 1.79. The Morgan fingerprint density at radius 2 is 2.00 bits per heavy atom. The van der Waals surface area contributed by atoms with Crippen molar-refractivity contribution in [2.45, 2.75) is 6.92 Å². The second-order valence-corrected chi connectivity index (χ2v) is 4.24. The molecule has 0 aliphatic heterocycles. The number of H-pyrrole nitrogens is 1. The van der Waals surface area contributed by atoms with Gasteiger partial charge in [0.05, 0.1) is 23.9 Å². The number of rotatable bonds is 4. The molecule has 1 aromatic carbocycles. The highest BCUT2D eigenvalue weighted by molar-refractivity contribution is 5.90. The smallest absolute Gasteiger partial charge is 0.225 e. The van der Waals surface area contributed by atoms with E-state index < -0.39 is 0 Å². The molecule has 2 heterocycles. The lowest BCUT2D eigenvalue weighted by molar-refractivity contribution is 0.340. The summed E-state index contributed by atoms with van der Waals surface area (Å²) in [6.07, 6.45) is 1.74. The van der Waals surface area contributed by atoms with E-state index in [4.69, 9.17) is 4.74 Å². The third kappa shape index (κ3) is 2.16. The Labute approximate surface area is 116 Å². The van der Waals surface area contributed by atoms with E-state index in [9.17, 15) is 0 Å². The Hall–Kier alpha value is -2.63. The maximum absolute atomic E-state index is 5.45. The van der Waals surface area contributed by atoms with Crippen LogP contribution >= 0.6 is 0 Å². The molecule has 0 saturated heterocycles. The van der Waals surface area contributed by atoms with Crippen molar-refractivity contribution in [1.82, 2.24) is 20.2 Å². The molecule has 0 radical (unpaired) electrons. The fraction of sp³-hybridized carbons (Fsp3) is 0.214. The summed E-state index contributed by atoms with van der Waals surface area (Å²) < 4.78 is 5.45. The average molecular weight is 269 g/mol. The Kier molecular flexibility index (Phi) is 3.20. The highest BCUT2D eigenvalue weighted by atomic mass is 16.5. The van der Waals surface area contributed by atoms with Crippen LogP contribution < -0.4 is 10.1 Å². The van der Waals surface area contributed by atoms with E-state index in [1.54, 1.807) is 13.2 Å². The van der Waals surface area contributed by atoms with Crippen LogP contribution in [0.1, 0.15) is 6.92 Å². The molecular weight excluding hydrogens is 254 g/mol. The van der Waals surface area contributed by atoms with E-state index in [2.05, 4.69) is 25.5 Å². The predicted molar refractivity (Wildman–Crippen MR) is 77.8 cm³/mol. The molecule has 6 heteroatoms. The summed E-state index contributed by atoms with van der Waals surface area (Å²) in [5.41, 5.74) is 2.56. The SMILES string of the molecule is CCOc1ccc(-c2nc(NC)nc3[nH]ncc23)cc1. The number of benzene rings is 1. The van der Waals surface area contributed by atoms with Gasteiger partial charge in [-0.05, 0) is 31.2 Å². The first kappa shape index (κ1) is 12.4. The third-order valence-electron chi connectivity index (χ3n) is 2.97. The summed E-state index contributed by atoms with van der Waals surface area (Å²) in [6.45, 7) is 2.62. The number of nitrogens with one attached hydrogen (secondary N) is 2. The highest BCUT2D eigenvalue weighted by Gasteiger charge is 2.10. The summed E-state index contributed by atoms with van der Waals surface area (Å²) in [5, 5.41) is 10.8. The van der Waals surface area contributed by atoms with E-state index >= 15 is 0 Å². The van der Waals surface area contributed by atoms with Crippen molar-refractivity contribution in [2.24, 2.45) is 0 Å². The van der Waals surface area contributed by atoms with Gasteiger partial charge in [0.15, 0.2) is 5.65 Å². The molecular formula is C14H15N5O. The number of hydrogen-bond acceptors (Lipinski definition) is 5. The van der Waals surface area contributed by atoms with Crippen molar-refractivity contribution in [1.29, 1.82) is 0 Å². The second kappa shape index (κ2) is 5.16. The molecule has 2 aromatic heterocycles. The Balaban J connectivity index is 2.10. The standard InChI is InChI=1S/C14H15N5O/c1-3-20-10-6-4-9(5-7-10)12-11-8-16-19-13(11)18-14(15-2)17-12/h4-8H,3H2,1-2H3,(H2,15,16,17,18,19). The Bertz CT molecular complexity index is 720. The Morgan fingerprint density at radius 3 is 2.70 bits per heavy atom. The molecule has 0 spiro atoms. The van der Waals surface area contributed by atoms with Gasteiger partial charge in [0.2, 0.25) is 5.95 Å². The third-order valence-corrected chi connectivity index (χ3v) is 2.97. The maximum atomic E-state index is 5.45. The zero-order valence-electron chi connectivity index (χ0n) is 11.3. The van der Waals surface area contributed by atoms with Crippen LogP contribution in [0.5, 0.6) is 5.75 Å². The molecule has 0 bridgehead atoms. The summed E-state index contributed by atoms with van der Waals surface area (Å²) in [6, 6.07) is 7.84. The van der Waals surface area contributed by atoms with Crippen molar-refractivity contribution in [3.05, 3.63) is 30.5 Å². The van der Waals surface area contributed by atoms with Gasteiger partial charge in [-0.1, -0.05) is 0 Å². The molecule has 6 nitrogen and oxygen atoms in total. The Morgan fingerprint density at radius 1 is 1.20 bits per heavy atom. The number of ether oxygens (including phenoxy) is 1. The van der Waals surface area contributed by atoms with Crippen LogP contribution in [-0.2, 0) is 0 Å². The average Bonchev–Trinajstić information content (AvgIpc) is 2.95. The van der Waals surface area contributed by atoms with Gasteiger partial charge in [-0.2, -0.15) is 10.1 Å².